The predicted octanol–water partition coefficient (Wildman–Crippen LogP) is 4.51. The maximum atomic E-state index is 11.9. The molecule has 1 fully saturated rings. The third-order valence-corrected chi connectivity index (χ3v) is 5.34. The highest BCUT2D eigenvalue weighted by atomic mass is 16.5. The number of methoxy groups -OCH3 is 1. The monoisotopic (exact) mass is 352 g/mol. The normalized spacial score (nSPS) is 20.1. The molecule has 2 unspecified atom stereocenters. The van der Waals surface area contributed by atoms with Gasteiger partial charge in [-0.15, -0.1) is 0 Å². The molecular weight excluding hydrogens is 324 g/mol. The third-order valence-electron chi connectivity index (χ3n) is 5.34. The molecule has 3 rings (SSSR count). The van der Waals surface area contributed by atoms with Gasteiger partial charge in [0, 0.05) is 38.0 Å². The number of hydrogen-bond donors (Lipinski definition) is 0. The van der Waals surface area contributed by atoms with Crippen LogP contribution in [0.25, 0.3) is 0 Å². The van der Waals surface area contributed by atoms with Crippen LogP contribution in [-0.2, 0) is 11.3 Å². The molecule has 1 aliphatic carbocycles. The Kier molecular flexibility index (Phi) is 5.60. The van der Waals surface area contributed by atoms with E-state index >= 15 is 0 Å². The molecule has 1 heterocycles. The largest absolute Gasteiger partial charge is 0.497 e. The van der Waals surface area contributed by atoms with Gasteiger partial charge in [0.2, 0.25) is 0 Å². The number of pyridine rings is 1. The number of hydrogen-bond acceptors (Lipinski definition) is 4. The van der Waals surface area contributed by atoms with Gasteiger partial charge in [0.1, 0.15) is 17.4 Å². The molecule has 2 aromatic rings. The van der Waals surface area contributed by atoms with Crippen molar-refractivity contribution in [2.75, 3.05) is 19.1 Å². The van der Waals surface area contributed by atoms with Crippen LogP contribution in [0.15, 0.2) is 36.4 Å². The molecule has 4 heteroatoms. The Hall–Kier alpha value is -2.36. The number of benzene rings is 1. The van der Waals surface area contributed by atoms with Crippen molar-refractivity contribution < 1.29 is 9.53 Å². The van der Waals surface area contributed by atoms with Crippen LogP contribution < -0.4 is 9.64 Å². The molecular formula is C22H28N2O2. The van der Waals surface area contributed by atoms with E-state index in [-0.39, 0.29) is 5.92 Å². The minimum atomic E-state index is 0.240. The van der Waals surface area contributed by atoms with Gasteiger partial charge >= 0.3 is 0 Å². The Morgan fingerprint density at radius 1 is 1.23 bits per heavy atom. The first kappa shape index (κ1) is 18.4. The molecule has 4 nitrogen and oxygen atoms in total. The lowest BCUT2D eigenvalue weighted by Crippen LogP contribution is -2.24. The molecule has 0 amide bonds. The van der Waals surface area contributed by atoms with Crippen LogP contribution in [0.5, 0.6) is 5.75 Å². The summed E-state index contributed by atoms with van der Waals surface area (Å²) >= 11 is 0. The number of rotatable bonds is 5. The molecule has 0 radical (unpaired) electrons. The van der Waals surface area contributed by atoms with Crippen molar-refractivity contribution in [1.29, 1.82) is 0 Å². The Morgan fingerprint density at radius 3 is 2.65 bits per heavy atom. The number of ketones is 1. The number of aromatic nitrogens is 1. The van der Waals surface area contributed by atoms with Crippen molar-refractivity contribution in [3.05, 3.63) is 53.2 Å². The van der Waals surface area contributed by atoms with Crippen LogP contribution in [0.2, 0.25) is 0 Å². The van der Waals surface area contributed by atoms with E-state index in [0.717, 1.165) is 30.2 Å². The number of carbonyl (C=O) groups excluding carboxylic acids is 1. The molecule has 2 atom stereocenters. The fourth-order valence-corrected chi connectivity index (χ4v) is 3.68. The smallest absolute Gasteiger partial charge is 0.133 e. The molecule has 26 heavy (non-hydrogen) atoms. The van der Waals surface area contributed by atoms with Crippen LogP contribution in [0.3, 0.4) is 0 Å². The lowest BCUT2D eigenvalue weighted by Gasteiger charge is -2.29. The maximum Gasteiger partial charge on any atom is 0.133 e. The second-order valence-electron chi connectivity index (χ2n) is 7.50. The van der Waals surface area contributed by atoms with Crippen molar-refractivity contribution >= 4 is 11.6 Å². The van der Waals surface area contributed by atoms with E-state index < -0.39 is 0 Å². The molecule has 0 N–H and O–H groups in total. The van der Waals surface area contributed by atoms with Gasteiger partial charge in [-0.3, -0.25) is 4.79 Å². The van der Waals surface area contributed by atoms with E-state index in [1.165, 1.54) is 11.1 Å². The van der Waals surface area contributed by atoms with E-state index in [1.54, 1.807) is 7.11 Å². The van der Waals surface area contributed by atoms with Gasteiger partial charge in [-0.2, -0.15) is 0 Å². The first-order chi connectivity index (χ1) is 12.5. The number of aryl methyl sites for hydroxylation is 1. The Bertz CT molecular complexity index is 770. The summed E-state index contributed by atoms with van der Waals surface area (Å²) in [5.41, 5.74) is 3.46. The molecule has 0 aliphatic heterocycles. The van der Waals surface area contributed by atoms with Crippen LogP contribution in [-0.4, -0.2) is 24.9 Å². The molecule has 0 bridgehead atoms. The van der Waals surface area contributed by atoms with Gasteiger partial charge in [-0.25, -0.2) is 4.98 Å². The first-order valence-electron chi connectivity index (χ1n) is 9.30. The Labute approximate surface area is 156 Å². The lowest BCUT2D eigenvalue weighted by atomic mass is 9.77. The molecule has 0 saturated heterocycles. The van der Waals surface area contributed by atoms with Crippen LogP contribution in [0, 0.1) is 12.8 Å². The molecule has 1 aromatic heterocycles. The number of anilines is 1. The average molecular weight is 352 g/mol. The number of nitrogens with zero attached hydrogens (tertiary/aromatic N) is 2. The zero-order chi connectivity index (χ0) is 18.7. The van der Waals surface area contributed by atoms with Crippen molar-refractivity contribution in [2.45, 2.75) is 45.6 Å². The standard InChI is InChI=1S/C22H28N2O2/c1-15-11-21(20-13-18(25)8-5-16(20)2)23-22(12-15)24(3)14-17-6-9-19(26-4)10-7-17/h6-7,9-12,16,20H,5,8,13-14H2,1-4H3. The van der Waals surface area contributed by atoms with Crippen LogP contribution in [0.4, 0.5) is 5.82 Å². The summed E-state index contributed by atoms with van der Waals surface area (Å²) < 4.78 is 5.22. The van der Waals surface area contributed by atoms with E-state index in [1.807, 2.05) is 12.1 Å². The van der Waals surface area contributed by atoms with E-state index in [0.29, 0.717) is 24.5 Å². The second kappa shape index (κ2) is 7.90. The highest BCUT2D eigenvalue weighted by molar-refractivity contribution is 5.80. The quantitative estimate of drug-likeness (QED) is 0.794. The summed E-state index contributed by atoms with van der Waals surface area (Å²) in [6.45, 7) is 5.12. The summed E-state index contributed by atoms with van der Waals surface area (Å²) in [6, 6.07) is 12.4. The van der Waals surface area contributed by atoms with Crippen molar-refractivity contribution in [3.8, 4) is 5.75 Å². The summed E-state index contributed by atoms with van der Waals surface area (Å²) in [7, 11) is 3.74. The molecule has 1 saturated carbocycles. The SMILES string of the molecule is COc1ccc(CN(C)c2cc(C)cc(C3CC(=O)CCC3C)n2)cc1. The Morgan fingerprint density at radius 2 is 1.96 bits per heavy atom. The molecule has 138 valence electrons. The van der Waals surface area contributed by atoms with Crippen LogP contribution >= 0.6 is 0 Å². The third kappa shape index (κ3) is 4.24. The lowest BCUT2D eigenvalue weighted by molar-refractivity contribution is -0.121. The fraction of sp³-hybridized carbons (Fsp3) is 0.455. The summed E-state index contributed by atoms with van der Waals surface area (Å²) in [4.78, 5) is 19.0. The average Bonchev–Trinajstić information content (AvgIpc) is 2.63. The zero-order valence-corrected chi connectivity index (χ0v) is 16.2. The Balaban J connectivity index is 1.80. The van der Waals surface area contributed by atoms with E-state index in [9.17, 15) is 4.79 Å². The molecule has 1 aromatic carbocycles. The zero-order valence-electron chi connectivity index (χ0n) is 16.2. The summed E-state index contributed by atoms with van der Waals surface area (Å²) in [6.07, 6.45) is 2.31. The topological polar surface area (TPSA) is 42.4 Å². The number of Topliss-reactive ketones (excluding diaryl/α,β-unsaturated/α-hetero) is 1. The van der Waals surface area contributed by atoms with Crippen molar-refractivity contribution in [1.82, 2.24) is 4.98 Å². The maximum absolute atomic E-state index is 11.9. The van der Waals surface area contributed by atoms with E-state index in [2.05, 4.69) is 50.1 Å². The van der Waals surface area contributed by atoms with Gasteiger partial charge in [0.25, 0.3) is 0 Å². The van der Waals surface area contributed by atoms with Crippen molar-refractivity contribution in [2.24, 2.45) is 5.92 Å². The molecule has 0 spiro atoms. The minimum absolute atomic E-state index is 0.240. The van der Waals surface area contributed by atoms with Crippen LogP contribution in [0.1, 0.15) is 48.9 Å². The molecule has 1 aliphatic rings. The van der Waals surface area contributed by atoms with Gasteiger partial charge < -0.3 is 9.64 Å². The highest BCUT2D eigenvalue weighted by Crippen LogP contribution is 2.36. The minimum Gasteiger partial charge on any atom is -0.497 e. The fourth-order valence-electron chi connectivity index (χ4n) is 3.68. The first-order valence-corrected chi connectivity index (χ1v) is 9.30. The van der Waals surface area contributed by atoms with E-state index in [4.69, 9.17) is 9.72 Å². The van der Waals surface area contributed by atoms with Gasteiger partial charge in [0.15, 0.2) is 0 Å². The predicted molar refractivity (Wildman–Crippen MR) is 105 cm³/mol. The van der Waals surface area contributed by atoms with Crippen molar-refractivity contribution in [3.63, 3.8) is 0 Å². The van der Waals surface area contributed by atoms with Gasteiger partial charge in [-0.1, -0.05) is 19.1 Å². The highest BCUT2D eigenvalue weighted by Gasteiger charge is 2.29. The summed E-state index contributed by atoms with van der Waals surface area (Å²) in [5, 5.41) is 0. The van der Waals surface area contributed by atoms with Gasteiger partial charge in [-0.05, 0) is 54.7 Å². The number of carbonyl (C=O) groups is 1. The number of ether oxygens (including phenoxy) is 1. The second-order valence-corrected chi connectivity index (χ2v) is 7.50. The summed E-state index contributed by atoms with van der Waals surface area (Å²) in [5.74, 6) is 2.93. The van der Waals surface area contributed by atoms with Gasteiger partial charge in [0.05, 0.1) is 7.11 Å².